The quantitative estimate of drug-likeness (QED) is 0.413. The monoisotopic (exact) mass is 408 g/mol. The van der Waals surface area contributed by atoms with Crippen LogP contribution in [-0.4, -0.2) is 0 Å². The van der Waals surface area contributed by atoms with Crippen molar-refractivity contribution in [1.82, 2.24) is 0 Å². The highest BCUT2D eigenvalue weighted by atomic mass is 19.1. The molecule has 4 unspecified atom stereocenters. The summed E-state index contributed by atoms with van der Waals surface area (Å²) in [5.41, 5.74) is 2.08. The van der Waals surface area contributed by atoms with Crippen LogP contribution in [0.4, 0.5) is 4.39 Å². The predicted octanol–water partition coefficient (Wildman–Crippen LogP) is 8.63. The van der Waals surface area contributed by atoms with E-state index in [0.717, 1.165) is 53.6 Å². The predicted molar refractivity (Wildman–Crippen MR) is 126 cm³/mol. The van der Waals surface area contributed by atoms with Gasteiger partial charge >= 0.3 is 0 Å². The number of benzene rings is 1. The lowest BCUT2D eigenvalue weighted by Crippen LogP contribution is -2.34. The zero-order valence-corrected chi connectivity index (χ0v) is 19.0. The van der Waals surface area contributed by atoms with Crippen LogP contribution in [0.15, 0.2) is 43.0 Å². The smallest absolute Gasteiger partial charge is 0.126 e. The molecule has 1 heteroatoms. The fourth-order valence-corrected chi connectivity index (χ4v) is 7.06. The molecule has 3 fully saturated rings. The first-order chi connectivity index (χ1) is 14.7. The zero-order valence-electron chi connectivity index (χ0n) is 19.0. The molecule has 1 aromatic rings. The SMILES string of the molecule is C=CCCc1ccc(C2CCC(C3CCC4CC(/C=C/C)CCC4C3)CC2)c(F)c1. The Balaban J connectivity index is 1.29. The molecule has 0 nitrogen and oxygen atoms in total. The summed E-state index contributed by atoms with van der Waals surface area (Å²) in [7, 11) is 0. The molecule has 3 aliphatic carbocycles. The van der Waals surface area contributed by atoms with Crippen LogP contribution in [0, 0.1) is 35.4 Å². The highest BCUT2D eigenvalue weighted by molar-refractivity contribution is 5.28. The van der Waals surface area contributed by atoms with E-state index in [2.05, 4.69) is 37.8 Å². The van der Waals surface area contributed by atoms with Gasteiger partial charge in [0.25, 0.3) is 0 Å². The number of hydrogen-bond donors (Lipinski definition) is 0. The van der Waals surface area contributed by atoms with Crippen LogP contribution >= 0.6 is 0 Å². The van der Waals surface area contributed by atoms with Crippen LogP contribution in [0.25, 0.3) is 0 Å². The molecule has 4 rings (SSSR count). The molecule has 0 N–H and O–H groups in total. The lowest BCUT2D eigenvalue weighted by Gasteiger charge is -2.45. The number of aryl methyl sites for hydroxylation is 1. The molecule has 3 aliphatic rings. The van der Waals surface area contributed by atoms with Gasteiger partial charge in [-0.15, -0.1) is 6.58 Å². The van der Waals surface area contributed by atoms with E-state index in [9.17, 15) is 4.39 Å². The Bertz CT molecular complexity index is 724. The minimum Gasteiger partial charge on any atom is -0.207 e. The normalized spacial score (nSPS) is 34.6. The topological polar surface area (TPSA) is 0 Å². The zero-order chi connectivity index (χ0) is 20.9. The maximum Gasteiger partial charge on any atom is 0.126 e. The molecule has 0 amide bonds. The van der Waals surface area contributed by atoms with Crippen molar-refractivity contribution < 1.29 is 4.39 Å². The average Bonchev–Trinajstić information content (AvgIpc) is 2.78. The summed E-state index contributed by atoms with van der Waals surface area (Å²) in [6.45, 7) is 5.94. The number of allylic oxidation sites excluding steroid dienone is 3. The third-order valence-electron chi connectivity index (χ3n) is 8.74. The maximum absolute atomic E-state index is 14.8. The van der Waals surface area contributed by atoms with Crippen LogP contribution in [-0.2, 0) is 6.42 Å². The lowest BCUT2D eigenvalue weighted by molar-refractivity contribution is 0.0717. The lowest BCUT2D eigenvalue weighted by atomic mass is 9.61. The fourth-order valence-electron chi connectivity index (χ4n) is 7.06. The van der Waals surface area contributed by atoms with Crippen LogP contribution in [0.1, 0.15) is 94.6 Å². The molecule has 0 bridgehead atoms. The summed E-state index contributed by atoms with van der Waals surface area (Å²) in [5, 5.41) is 0. The molecule has 30 heavy (non-hydrogen) atoms. The van der Waals surface area contributed by atoms with Gasteiger partial charge in [0.15, 0.2) is 0 Å². The molecule has 0 saturated heterocycles. The summed E-state index contributed by atoms with van der Waals surface area (Å²) in [4.78, 5) is 0. The van der Waals surface area contributed by atoms with Gasteiger partial charge in [-0.2, -0.15) is 0 Å². The van der Waals surface area contributed by atoms with E-state index in [-0.39, 0.29) is 5.82 Å². The standard InChI is InChI=1S/C29H41F/c1-3-5-7-22-9-17-28(29(30)19-22)24-13-11-23(12-14-24)26-16-15-25-18-21(6-4-2)8-10-27(25)20-26/h3-4,6,9,17,19,21,23-27H,1,5,7-8,10-16,18,20H2,2H3/b6-4+. The molecule has 0 aromatic heterocycles. The van der Waals surface area contributed by atoms with E-state index in [0.29, 0.717) is 5.92 Å². The largest absolute Gasteiger partial charge is 0.207 e. The average molecular weight is 409 g/mol. The number of fused-ring (bicyclic) bond motifs is 1. The molecule has 3 saturated carbocycles. The second-order valence-electron chi connectivity index (χ2n) is 10.5. The molecule has 0 spiro atoms. The highest BCUT2D eigenvalue weighted by Crippen LogP contribution is 2.50. The van der Waals surface area contributed by atoms with Gasteiger partial charge in [0.2, 0.25) is 0 Å². The van der Waals surface area contributed by atoms with Gasteiger partial charge in [-0.25, -0.2) is 4.39 Å². The van der Waals surface area contributed by atoms with Crippen molar-refractivity contribution in [2.75, 3.05) is 0 Å². The third kappa shape index (κ3) is 5.09. The van der Waals surface area contributed by atoms with E-state index in [4.69, 9.17) is 0 Å². The van der Waals surface area contributed by atoms with Gasteiger partial charge < -0.3 is 0 Å². The summed E-state index contributed by atoms with van der Waals surface area (Å²) in [6, 6.07) is 5.99. The minimum atomic E-state index is 0.0263. The molecular weight excluding hydrogens is 367 g/mol. The Morgan fingerprint density at radius 2 is 1.57 bits per heavy atom. The highest BCUT2D eigenvalue weighted by Gasteiger charge is 2.38. The Kier molecular flexibility index (Phi) is 7.50. The van der Waals surface area contributed by atoms with Crippen molar-refractivity contribution in [1.29, 1.82) is 0 Å². The van der Waals surface area contributed by atoms with Crippen LogP contribution < -0.4 is 0 Å². The number of rotatable bonds is 6. The van der Waals surface area contributed by atoms with Crippen molar-refractivity contribution in [2.45, 2.75) is 89.9 Å². The van der Waals surface area contributed by atoms with Gasteiger partial charge in [0, 0.05) is 0 Å². The maximum atomic E-state index is 14.8. The number of hydrogen-bond acceptors (Lipinski definition) is 0. The molecule has 0 radical (unpaired) electrons. The van der Waals surface area contributed by atoms with Gasteiger partial charge in [0.1, 0.15) is 5.82 Å². The van der Waals surface area contributed by atoms with E-state index in [1.165, 1.54) is 64.2 Å². The summed E-state index contributed by atoms with van der Waals surface area (Å²) < 4.78 is 14.8. The van der Waals surface area contributed by atoms with Crippen molar-refractivity contribution in [3.05, 3.63) is 60.0 Å². The first kappa shape index (κ1) is 21.8. The molecule has 1 aromatic carbocycles. The van der Waals surface area contributed by atoms with Crippen molar-refractivity contribution >= 4 is 0 Å². The second-order valence-corrected chi connectivity index (χ2v) is 10.5. The number of halogens is 1. The van der Waals surface area contributed by atoms with Gasteiger partial charge in [0.05, 0.1) is 0 Å². The van der Waals surface area contributed by atoms with E-state index in [1.807, 2.05) is 6.08 Å². The minimum absolute atomic E-state index is 0.0263. The molecule has 0 heterocycles. The fraction of sp³-hybridized carbons (Fsp3) is 0.655. The van der Waals surface area contributed by atoms with E-state index < -0.39 is 0 Å². The Labute approximate surface area is 184 Å². The second kappa shape index (κ2) is 10.3. The molecule has 0 aliphatic heterocycles. The van der Waals surface area contributed by atoms with Gasteiger partial charge in [-0.3, -0.25) is 0 Å². The Morgan fingerprint density at radius 3 is 2.27 bits per heavy atom. The first-order valence-corrected chi connectivity index (χ1v) is 12.7. The van der Waals surface area contributed by atoms with Crippen molar-refractivity contribution in [2.24, 2.45) is 29.6 Å². The van der Waals surface area contributed by atoms with Gasteiger partial charge in [-0.05, 0) is 137 Å². The molecular formula is C29H41F. The Morgan fingerprint density at radius 1 is 0.900 bits per heavy atom. The first-order valence-electron chi connectivity index (χ1n) is 12.7. The Hall–Kier alpha value is -1.37. The van der Waals surface area contributed by atoms with E-state index in [1.54, 1.807) is 6.07 Å². The third-order valence-corrected chi connectivity index (χ3v) is 8.74. The summed E-state index contributed by atoms with van der Waals surface area (Å²) >= 11 is 0. The van der Waals surface area contributed by atoms with E-state index >= 15 is 0 Å². The summed E-state index contributed by atoms with van der Waals surface area (Å²) in [6.07, 6.45) is 22.1. The van der Waals surface area contributed by atoms with Gasteiger partial charge in [-0.1, -0.05) is 30.4 Å². The van der Waals surface area contributed by atoms with Crippen LogP contribution in [0.2, 0.25) is 0 Å². The molecule has 164 valence electrons. The van der Waals surface area contributed by atoms with Crippen molar-refractivity contribution in [3.63, 3.8) is 0 Å². The molecule has 4 atom stereocenters. The van der Waals surface area contributed by atoms with Crippen LogP contribution in [0.3, 0.4) is 0 Å². The van der Waals surface area contributed by atoms with Crippen molar-refractivity contribution in [3.8, 4) is 0 Å². The summed E-state index contributed by atoms with van der Waals surface area (Å²) in [5.74, 6) is 5.12. The van der Waals surface area contributed by atoms with Crippen LogP contribution in [0.5, 0.6) is 0 Å².